The molecule has 6 nitrogen and oxygen atoms in total. The van der Waals surface area contributed by atoms with E-state index >= 15 is 0 Å². The maximum atomic E-state index is 12.3. The number of hydrogen-bond acceptors (Lipinski definition) is 3. The number of phenolic OH excluding ortho intramolecular Hbond substituents is 1. The first-order valence-electron chi connectivity index (χ1n) is 6.70. The summed E-state index contributed by atoms with van der Waals surface area (Å²) in [6.45, 7) is 7.38. The summed E-state index contributed by atoms with van der Waals surface area (Å²) in [6, 6.07) is 5.21. The van der Waals surface area contributed by atoms with Gasteiger partial charge in [0.15, 0.2) is 0 Å². The summed E-state index contributed by atoms with van der Waals surface area (Å²) in [7, 11) is 0. The van der Waals surface area contributed by atoms with E-state index in [0.29, 0.717) is 5.69 Å². The van der Waals surface area contributed by atoms with Crippen LogP contribution in [0.4, 0.5) is 10.5 Å². The van der Waals surface area contributed by atoms with Crippen molar-refractivity contribution in [2.75, 3.05) is 11.4 Å². The van der Waals surface area contributed by atoms with Crippen molar-refractivity contribution in [3.8, 4) is 5.75 Å². The highest BCUT2D eigenvalue weighted by molar-refractivity contribution is 5.96. The van der Waals surface area contributed by atoms with Gasteiger partial charge < -0.3 is 15.5 Å². The van der Waals surface area contributed by atoms with Gasteiger partial charge in [-0.2, -0.15) is 0 Å². The fraction of sp³-hybridized carbons (Fsp3) is 0.467. The van der Waals surface area contributed by atoms with Gasteiger partial charge in [-0.15, -0.1) is 0 Å². The predicted octanol–water partition coefficient (Wildman–Crippen LogP) is 2.43. The van der Waals surface area contributed by atoms with E-state index in [9.17, 15) is 14.7 Å². The summed E-state index contributed by atoms with van der Waals surface area (Å²) in [5.74, 6) is -1.06. The Bertz CT molecular complexity index is 505. The number of anilines is 1. The number of nitrogens with one attached hydrogen (secondary N) is 1. The van der Waals surface area contributed by atoms with Crippen LogP contribution in [-0.2, 0) is 4.79 Å². The number of carboxylic acid groups (broad SMARTS) is 1. The second-order valence-corrected chi connectivity index (χ2v) is 6.03. The van der Waals surface area contributed by atoms with Gasteiger partial charge in [-0.3, -0.25) is 9.69 Å². The molecular weight excluding hydrogens is 272 g/mol. The Morgan fingerprint density at radius 2 is 1.76 bits per heavy atom. The molecule has 1 rings (SSSR count). The van der Waals surface area contributed by atoms with Crippen LogP contribution >= 0.6 is 0 Å². The number of phenols is 1. The molecule has 0 spiro atoms. The molecule has 21 heavy (non-hydrogen) atoms. The molecule has 0 aliphatic heterocycles. The molecule has 0 bridgehead atoms. The summed E-state index contributed by atoms with van der Waals surface area (Å²) in [4.78, 5) is 24.4. The lowest BCUT2D eigenvalue weighted by atomic mass is 9.88. The third kappa shape index (κ3) is 4.98. The number of carboxylic acids is 1. The zero-order valence-electron chi connectivity index (χ0n) is 12.8. The van der Waals surface area contributed by atoms with Crippen LogP contribution in [0.15, 0.2) is 24.3 Å². The molecule has 1 aromatic rings. The highest BCUT2D eigenvalue weighted by atomic mass is 16.4. The molecule has 3 N–H and O–H groups in total. The second kappa shape index (κ2) is 6.47. The van der Waals surface area contributed by atoms with Gasteiger partial charge in [0.25, 0.3) is 0 Å². The van der Waals surface area contributed by atoms with Crippen molar-refractivity contribution < 1.29 is 19.8 Å². The van der Waals surface area contributed by atoms with Crippen LogP contribution in [0.1, 0.15) is 27.7 Å². The quantitative estimate of drug-likeness (QED) is 0.795. The number of aliphatic carboxylic acids is 1. The topological polar surface area (TPSA) is 89.9 Å². The van der Waals surface area contributed by atoms with E-state index in [-0.39, 0.29) is 17.2 Å². The SMILES string of the molecule is CC(NC(=O)N(CC(=O)O)c1ccc(O)cc1)C(C)(C)C. The summed E-state index contributed by atoms with van der Waals surface area (Å²) < 4.78 is 0. The lowest BCUT2D eigenvalue weighted by Gasteiger charge is -2.31. The fourth-order valence-corrected chi connectivity index (χ4v) is 1.53. The van der Waals surface area contributed by atoms with E-state index in [4.69, 9.17) is 5.11 Å². The van der Waals surface area contributed by atoms with Crippen LogP contribution in [-0.4, -0.2) is 34.8 Å². The number of aromatic hydroxyl groups is 1. The number of carbonyl (C=O) groups is 2. The lowest BCUT2D eigenvalue weighted by Crippen LogP contribution is -2.49. The van der Waals surface area contributed by atoms with Crippen molar-refractivity contribution in [2.45, 2.75) is 33.7 Å². The van der Waals surface area contributed by atoms with Gasteiger partial charge in [-0.25, -0.2) is 4.79 Å². The molecule has 1 unspecified atom stereocenters. The zero-order chi connectivity index (χ0) is 16.2. The van der Waals surface area contributed by atoms with Gasteiger partial charge in [0.2, 0.25) is 0 Å². The smallest absolute Gasteiger partial charge is 0.323 e. The normalized spacial score (nSPS) is 12.6. The van der Waals surface area contributed by atoms with E-state index < -0.39 is 18.5 Å². The first-order valence-corrected chi connectivity index (χ1v) is 6.70. The summed E-state index contributed by atoms with van der Waals surface area (Å²) in [5, 5.41) is 21.0. The Hall–Kier alpha value is -2.24. The predicted molar refractivity (Wildman–Crippen MR) is 80.5 cm³/mol. The van der Waals surface area contributed by atoms with E-state index in [1.54, 1.807) is 0 Å². The van der Waals surface area contributed by atoms with Crippen molar-refractivity contribution in [2.24, 2.45) is 5.41 Å². The first-order chi connectivity index (χ1) is 9.61. The van der Waals surface area contributed by atoms with Crippen molar-refractivity contribution in [1.82, 2.24) is 5.32 Å². The van der Waals surface area contributed by atoms with Crippen LogP contribution in [0, 0.1) is 5.41 Å². The molecule has 6 heteroatoms. The van der Waals surface area contributed by atoms with Crippen LogP contribution in [0.3, 0.4) is 0 Å². The molecule has 0 fully saturated rings. The second-order valence-electron chi connectivity index (χ2n) is 6.03. The number of urea groups is 1. The number of carbonyl (C=O) groups excluding carboxylic acids is 1. The fourth-order valence-electron chi connectivity index (χ4n) is 1.53. The molecule has 0 aromatic heterocycles. The van der Waals surface area contributed by atoms with Crippen LogP contribution in [0.2, 0.25) is 0 Å². The summed E-state index contributed by atoms with van der Waals surface area (Å²) in [6.07, 6.45) is 0. The minimum absolute atomic E-state index is 0.0532. The number of amides is 2. The Morgan fingerprint density at radius 3 is 2.19 bits per heavy atom. The number of benzene rings is 1. The lowest BCUT2D eigenvalue weighted by molar-refractivity contribution is -0.135. The first kappa shape index (κ1) is 16.8. The Labute approximate surface area is 124 Å². The van der Waals surface area contributed by atoms with Gasteiger partial charge in [0.1, 0.15) is 12.3 Å². The standard InChI is InChI=1S/C15H22N2O4/c1-10(15(2,3)4)16-14(21)17(9-13(19)20)11-5-7-12(18)8-6-11/h5-8,10,18H,9H2,1-4H3,(H,16,21)(H,19,20). The molecule has 0 heterocycles. The average molecular weight is 294 g/mol. The Morgan fingerprint density at radius 1 is 1.24 bits per heavy atom. The van der Waals surface area contributed by atoms with E-state index in [0.717, 1.165) is 4.90 Å². The van der Waals surface area contributed by atoms with Gasteiger partial charge in [-0.05, 0) is 36.6 Å². The van der Waals surface area contributed by atoms with E-state index in [1.165, 1.54) is 24.3 Å². The molecule has 116 valence electrons. The Kier molecular flexibility index (Phi) is 5.18. The van der Waals surface area contributed by atoms with Crippen LogP contribution < -0.4 is 10.2 Å². The number of hydrogen-bond donors (Lipinski definition) is 3. The molecule has 0 saturated heterocycles. The molecule has 1 aromatic carbocycles. The minimum Gasteiger partial charge on any atom is -0.508 e. The summed E-state index contributed by atoms with van der Waals surface area (Å²) >= 11 is 0. The molecule has 0 radical (unpaired) electrons. The van der Waals surface area contributed by atoms with Gasteiger partial charge in [0, 0.05) is 11.7 Å². The average Bonchev–Trinajstić information content (AvgIpc) is 2.35. The van der Waals surface area contributed by atoms with Crippen LogP contribution in [0.25, 0.3) is 0 Å². The van der Waals surface area contributed by atoms with Crippen molar-refractivity contribution in [3.05, 3.63) is 24.3 Å². The van der Waals surface area contributed by atoms with Gasteiger partial charge in [-0.1, -0.05) is 20.8 Å². The molecule has 0 aliphatic carbocycles. The summed E-state index contributed by atoms with van der Waals surface area (Å²) in [5.41, 5.74) is 0.272. The van der Waals surface area contributed by atoms with Gasteiger partial charge in [0.05, 0.1) is 0 Å². The maximum absolute atomic E-state index is 12.3. The molecule has 0 saturated carbocycles. The van der Waals surface area contributed by atoms with Crippen molar-refractivity contribution >= 4 is 17.7 Å². The van der Waals surface area contributed by atoms with E-state index in [1.807, 2.05) is 27.7 Å². The molecular formula is C15H22N2O4. The molecule has 1 atom stereocenters. The van der Waals surface area contributed by atoms with Gasteiger partial charge >= 0.3 is 12.0 Å². The van der Waals surface area contributed by atoms with E-state index in [2.05, 4.69) is 5.32 Å². The number of rotatable bonds is 4. The third-order valence-corrected chi connectivity index (χ3v) is 3.34. The highest BCUT2D eigenvalue weighted by Crippen LogP contribution is 2.21. The monoisotopic (exact) mass is 294 g/mol. The Balaban J connectivity index is 2.94. The zero-order valence-corrected chi connectivity index (χ0v) is 12.8. The highest BCUT2D eigenvalue weighted by Gasteiger charge is 2.25. The number of nitrogens with zero attached hydrogens (tertiary/aromatic N) is 1. The largest absolute Gasteiger partial charge is 0.508 e. The molecule has 2 amide bonds. The maximum Gasteiger partial charge on any atom is 0.323 e. The van der Waals surface area contributed by atoms with Crippen LogP contribution in [0.5, 0.6) is 5.75 Å². The minimum atomic E-state index is -1.11. The van der Waals surface area contributed by atoms with Crippen molar-refractivity contribution in [3.63, 3.8) is 0 Å². The van der Waals surface area contributed by atoms with Crippen molar-refractivity contribution in [1.29, 1.82) is 0 Å². The molecule has 0 aliphatic rings. The third-order valence-electron chi connectivity index (χ3n) is 3.34.